The minimum absolute atomic E-state index is 0.0526. The molecule has 0 aliphatic heterocycles. The van der Waals surface area contributed by atoms with Gasteiger partial charge in [-0.05, 0) is 79.5 Å². The van der Waals surface area contributed by atoms with Crippen LogP contribution in [0.5, 0.6) is 5.75 Å². The van der Waals surface area contributed by atoms with Gasteiger partial charge in [0, 0.05) is 45.5 Å². The van der Waals surface area contributed by atoms with Crippen molar-refractivity contribution in [1.82, 2.24) is 9.80 Å². The van der Waals surface area contributed by atoms with E-state index in [1.807, 2.05) is 78.8 Å². The molecule has 0 radical (unpaired) electrons. The molecule has 1 unspecified atom stereocenters. The molecular formula is C34H59N3O8. The van der Waals surface area contributed by atoms with Crippen LogP contribution in [0.3, 0.4) is 0 Å². The molecule has 11 nitrogen and oxygen atoms in total. The molecule has 0 aromatic heterocycles. The molecule has 0 bridgehead atoms. The number of benzene rings is 1. The van der Waals surface area contributed by atoms with Crippen LogP contribution in [0.4, 0.5) is 0 Å². The third-order valence-electron chi connectivity index (χ3n) is 6.50. The molecule has 2 N–H and O–H groups in total. The van der Waals surface area contributed by atoms with Gasteiger partial charge in [-0.2, -0.15) is 0 Å². The molecule has 0 heterocycles. The van der Waals surface area contributed by atoms with Crippen LogP contribution in [-0.2, 0) is 39.8 Å². The summed E-state index contributed by atoms with van der Waals surface area (Å²) in [5.74, 6) is 0.0150. The van der Waals surface area contributed by atoms with Crippen molar-refractivity contribution in [2.24, 2.45) is 5.73 Å². The van der Waals surface area contributed by atoms with E-state index < -0.39 is 11.2 Å². The van der Waals surface area contributed by atoms with Crippen LogP contribution >= 0.6 is 0 Å². The summed E-state index contributed by atoms with van der Waals surface area (Å²) in [6.45, 7) is 15.8. The van der Waals surface area contributed by atoms with Gasteiger partial charge in [0.2, 0.25) is 0 Å². The highest BCUT2D eigenvalue weighted by Gasteiger charge is 2.29. The van der Waals surface area contributed by atoms with Gasteiger partial charge in [0.05, 0.1) is 19.7 Å². The predicted molar refractivity (Wildman–Crippen MR) is 176 cm³/mol. The highest BCUT2D eigenvalue weighted by molar-refractivity contribution is 5.72. The summed E-state index contributed by atoms with van der Waals surface area (Å²) in [4.78, 5) is 30.6. The van der Waals surface area contributed by atoms with Gasteiger partial charge in [-0.15, -0.1) is 0 Å². The van der Waals surface area contributed by atoms with E-state index in [1.165, 1.54) is 0 Å². The largest absolute Gasteiger partial charge is 0.467 e. The zero-order valence-corrected chi connectivity index (χ0v) is 29.2. The number of allylic oxidation sites excluding steroid dienone is 1. The van der Waals surface area contributed by atoms with Gasteiger partial charge in [0.15, 0.2) is 6.79 Å². The molecule has 0 fully saturated rings. The molecule has 11 heteroatoms. The summed E-state index contributed by atoms with van der Waals surface area (Å²) in [5, 5.41) is 0. The van der Waals surface area contributed by atoms with Crippen molar-refractivity contribution in [3.8, 4) is 5.75 Å². The molecule has 258 valence electrons. The van der Waals surface area contributed by atoms with Gasteiger partial charge in [0.1, 0.15) is 23.7 Å². The van der Waals surface area contributed by atoms with Crippen molar-refractivity contribution >= 4 is 11.9 Å². The minimum Gasteiger partial charge on any atom is -0.467 e. The first-order valence-electron chi connectivity index (χ1n) is 15.7. The Labute approximate surface area is 271 Å². The Morgan fingerprint density at radius 3 is 2.09 bits per heavy atom. The summed E-state index contributed by atoms with van der Waals surface area (Å²) in [5.41, 5.74) is 6.52. The Morgan fingerprint density at radius 2 is 1.51 bits per heavy atom. The highest BCUT2D eigenvalue weighted by Crippen LogP contribution is 2.23. The van der Waals surface area contributed by atoms with Crippen LogP contribution < -0.4 is 10.5 Å². The molecule has 1 aromatic carbocycles. The zero-order chi connectivity index (χ0) is 33.9. The van der Waals surface area contributed by atoms with Crippen LogP contribution in [0, 0.1) is 0 Å². The molecular weight excluding hydrogens is 578 g/mol. The number of rotatable bonds is 22. The lowest BCUT2D eigenvalue weighted by atomic mass is 10.0. The first-order chi connectivity index (χ1) is 21.2. The third kappa shape index (κ3) is 18.9. The average molecular weight is 638 g/mol. The van der Waals surface area contributed by atoms with Crippen LogP contribution in [0.1, 0.15) is 73.3 Å². The molecule has 0 saturated carbocycles. The second-order valence-corrected chi connectivity index (χ2v) is 13.0. The summed E-state index contributed by atoms with van der Waals surface area (Å²) < 4.78 is 33.2. The number of esters is 2. The monoisotopic (exact) mass is 637 g/mol. The first kappa shape index (κ1) is 40.5. The van der Waals surface area contributed by atoms with Gasteiger partial charge >= 0.3 is 11.9 Å². The predicted octanol–water partition coefficient (Wildman–Crippen LogP) is 4.52. The van der Waals surface area contributed by atoms with Crippen molar-refractivity contribution in [3.05, 3.63) is 41.5 Å². The maximum atomic E-state index is 13.2. The molecule has 1 aromatic rings. The van der Waals surface area contributed by atoms with E-state index in [0.717, 1.165) is 30.4 Å². The molecule has 0 aliphatic carbocycles. The number of carbonyl (C=O) groups excluding carboxylic acids is 2. The Kier molecular flexibility index (Phi) is 19.2. The first-order valence-corrected chi connectivity index (χ1v) is 15.7. The van der Waals surface area contributed by atoms with E-state index in [2.05, 4.69) is 9.80 Å². The Morgan fingerprint density at radius 1 is 0.889 bits per heavy atom. The standard InChI is InChI=1S/C34H59N3O8/c1-10-27(24-42-25-40-8)19-37(23-32(39)45-34(5,6)7)29(16-13-14-18-35)21-36(22-31(38)44-33(2,3)4)20-28-15-11-12-17-30(28)43-26-41-9/h10-12,15,17,29H,13-14,16,18-26,35H2,1-9H3/b27-10-. The SMILES string of the molecule is C/C=C(\COCOC)CN(CC(=O)OC(C)(C)C)C(CCCCN)CN(CC(=O)OC(C)(C)C)Cc1ccccc1OCOC. The lowest BCUT2D eigenvalue weighted by molar-refractivity contribution is -0.159. The van der Waals surface area contributed by atoms with E-state index in [4.69, 9.17) is 34.2 Å². The van der Waals surface area contributed by atoms with Gasteiger partial charge in [-0.3, -0.25) is 19.4 Å². The Balaban J connectivity index is 3.50. The smallest absolute Gasteiger partial charge is 0.320 e. The average Bonchev–Trinajstić information content (AvgIpc) is 2.93. The van der Waals surface area contributed by atoms with E-state index in [-0.39, 0.29) is 44.7 Å². The minimum atomic E-state index is -0.630. The summed E-state index contributed by atoms with van der Waals surface area (Å²) in [6, 6.07) is 7.56. The van der Waals surface area contributed by atoms with Crippen LogP contribution in [0.25, 0.3) is 0 Å². The maximum absolute atomic E-state index is 13.2. The zero-order valence-electron chi connectivity index (χ0n) is 29.2. The normalized spacial score (nSPS) is 13.3. The van der Waals surface area contributed by atoms with E-state index in [1.54, 1.807) is 14.2 Å². The van der Waals surface area contributed by atoms with Gasteiger partial charge in [-0.1, -0.05) is 30.7 Å². The Bertz CT molecular complexity index is 1020. The number of hydrogen-bond acceptors (Lipinski definition) is 11. The van der Waals surface area contributed by atoms with Crippen molar-refractivity contribution in [2.45, 2.75) is 91.5 Å². The molecule has 45 heavy (non-hydrogen) atoms. The van der Waals surface area contributed by atoms with E-state index in [0.29, 0.717) is 38.5 Å². The van der Waals surface area contributed by atoms with Crippen LogP contribution in [-0.4, -0.2) is 106 Å². The van der Waals surface area contributed by atoms with Gasteiger partial charge in [0.25, 0.3) is 0 Å². The second kappa shape index (κ2) is 21.3. The fourth-order valence-corrected chi connectivity index (χ4v) is 4.68. The number of ether oxygens (including phenoxy) is 6. The summed E-state index contributed by atoms with van der Waals surface area (Å²) in [6.07, 6.45) is 4.44. The van der Waals surface area contributed by atoms with Crippen molar-refractivity contribution < 1.29 is 38.0 Å². The van der Waals surface area contributed by atoms with Crippen molar-refractivity contribution in [3.63, 3.8) is 0 Å². The van der Waals surface area contributed by atoms with Crippen LogP contribution in [0.2, 0.25) is 0 Å². The summed E-state index contributed by atoms with van der Waals surface area (Å²) >= 11 is 0. The molecule has 1 rings (SSSR count). The lowest BCUT2D eigenvalue weighted by Crippen LogP contribution is -2.49. The lowest BCUT2D eigenvalue weighted by Gasteiger charge is -2.36. The maximum Gasteiger partial charge on any atom is 0.320 e. The number of methoxy groups -OCH3 is 2. The van der Waals surface area contributed by atoms with Crippen LogP contribution in [0.15, 0.2) is 35.9 Å². The van der Waals surface area contributed by atoms with E-state index in [9.17, 15) is 9.59 Å². The van der Waals surface area contributed by atoms with Crippen molar-refractivity contribution in [1.29, 1.82) is 0 Å². The Hall–Kier alpha value is -2.54. The number of nitrogens with zero attached hydrogens (tertiary/aromatic N) is 2. The fraction of sp³-hybridized carbons (Fsp3) is 0.706. The number of carbonyl (C=O) groups is 2. The quantitative estimate of drug-likeness (QED) is 0.0836. The molecule has 1 atom stereocenters. The second-order valence-electron chi connectivity index (χ2n) is 13.0. The summed E-state index contributed by atoms with van der Waals surface area (Å²) in [7, 11) is 3.15. The fourth-order valence-electron chi connectivity index (χ4n) is 4.68. The molecule has 0 spiro atoms. The van der Waals surface area contributed by atoms with Gasteiger partial charge < -0.3 is 34.2 Å². The third-order valence-corrected chi connectivity index (χ3v) is 6.50. The number of nitrogens with two attached hydrogens (primary N) is 1. The highest BCUT2D eigenvalue weighted by atomic mass is 16.7. The number of unbranched alkanes of at least 4 members (excludes halogenated alkanes) is 1. The molecule has 0 amide bonds. The van der Waals surface area contributed by atoms with Gasteiger partial charge in [-0.25, -0.2) is 0 Å². The molecule has 0 aliphatic rings. The number of hydrogen-bond donors (Lipinski definition) is 1. The number of para-hydroxylation sites is 1. The van der Waals surface area contributed by atoms with Crippen molar-refractivity contribution in [2.75, 3.05) is 67.1 Å². The molecule has 0 saturated heterocycles. The van der Waals surface area contributed by atoms with E-state index >= 15 is 0 Å². The topological polar surface area (TPSA) is 122 Å².